The summed E-state index contributed by atoms with van der Waals surface area (Å²) in [6, 6.07) is 13.5. The van der Waals surface area contributed by atoms with Gasteiger partial charge in [0.15, 0.2) is 5.82 Å². The summed E-state index contributed by atoms with van der Waals surface area (Å²) >= 11 is 0. The van der Waals surface area contributed by atoms with Crippen LogP contribution < -0.4 is 10.1 Å². The van der Waals surface area contributed by atoms with E-state index in [4.69, 9.17) is 4.74 Å². The average Bonchev–Trinajstić information content (AvgIpc) is 3.09. The minimum Gasteiger partial charge on any atom is -0.486 e. The zero-order valence-corrected chi connectivity index (χ0v) is 17.3. The van der Waals surface area contributed by atoms with Crippen molar-refractivity contribution in [2.45, 2.75) is 25.2 Å². The first-order valence-corrected chi connectivity index (χ1v) is 10.7. The van der Waals surface area contributed by atoms with Crippen LogP contribution in [-0.4, -0.2) is 34.8 Å². The maximum absolute atomic E-state index is 13.6. The lowest BCUT2D eigenvalue weighted by atomic mass is 10.1. The number of aryl methyl sites for hydroxylation is 1. The van der Waals surface area contributed by atoms with Gasteiger partial charge in [0.05, 0.1) is 0 Å². The topological polar surface area (TPSA) is 103 Å². The molecule has 30 heavy (non-hydrogen) atoms. The van der Waals surface area contributed by atoms with Crippen molar-refractivity contribution in [3.05, 3.63) is 71.3 Å². The highest BCUT2D eigenvalue weighted by molar-refractivity contribution is 7.91. The number of carbonyl (C=O) groups excluding carboxylic acids is 1. The van der Waals surface area contributed by atoms with Crippen LogP contribution in [0.5, 0.6) is 5.75 Å². The number of benzene rings is 2. The molecule has 3 rings (SSSR count). The molecule has 0 radical (unpaired) electrons. The van der Waals surface area contributed by atoms with Crippen LogP contribution in [0.1, 0.15) is 17.0 Å². The molecule has 10 heteroatoms. The molecule has 0 unspecified atom stereocenters. The Morgan fingerprint density at radius 2 is 1.90 bits per heavy atom. The number of sulfone groups is 1. The molecule has 1 aromatic heterocycles. The van der Waals surface area contributed by atoms with Gasteiger partial charge < -0.3 is 14.6 Å². The number of ether oxygens (including phenoxy) is 1. The van der Waals surface area contributed by atoms with Crippen molar-refractivity contribution in [3.8, 4) is 5.75 Å². The smallest absolute Gasteiger partial charge is 0.250 e. The molecule has 1 heterocycles. The SMILES string of the molecule is Cc1ccc(CNC(=O)CS(=O)(=O)c2nnc(COc3ccccc3)n2C)cc1F. The summed E-state index contributed by atoms with van der Waals surface area (Å²) in [7, 11) is -2.53. The van der Waals surface area contributed by atoms with Crippen LogP contribution in [0.3, 0.4) is 0 Å². The van der Waals surface area contributed by atoms with Crippen LogP contribution in [-0.2, 0) is 34.8 Å². The van der Waals surface area contributed by atoms with Crippen molar-refractivity contribution >= 4 is 15.7 Å². The number of amides is 1. The minimum atomic E-state index is -4.02. The first kappa shape index (κ1) is 21.4. The number of halogens is 1. The normalized spacial score (nSPS) is 11.3. The highest BCUT2D eigenvalue weighted by Crippen LogP contribution is 2.14. The van der Waals surface area contributed by atoms with Gasteiger partial charge in [-0.3, -0.25) is 4.79 Å². The van der Waals surface area contributed by atoms with E-state index in [2.05, 4.69) is 15.5 Å². The summed E-state index contributed by atoms with van der Waals surface area (Å²) < 4.78 is 45.6. The maximum atomic E-state index is 13.6. The Kier molecular flexibility index (Phi) is 6.46. The van der Waals surface area contributed by atoms with Gasteiger partial charge in [-0.05, 0) is 36.2 Å². The number of para-hydroxylation sites is 1. The van der Waals surface area contributed by atoms with E-state index >= 15 is 0 Å². The lowest BCUT2D eigenvalue weighted by molar-refractivity contribution is -0.118. The largest absolute Gasteiger partial charge is 0.486 e. The first-order valence-electron chi connectivity index (χ1n) is 9.07. The second-order valence-corrected chi connectivity index (χ2v) is 8.56. The van der Waals surface area contributed by atoms with Crippen molar-refractivity contribution < 1.29 is 22.3 Å². The van der Waals surface area contributed by atoms with Crippen molar-refractivity contribution in [1.82, 2.24) is 20.1 Å². The first-order chi connectivity index (χ1) is 14.3. The fourth-order valence-electron chi connectivity index (χ4n) is 2.64. The van der Waals surface area contributed by atoms with Crippen LogP contribution in [0.15, 0.2) is 53.7 Å². The van der Waals surface area contributed by atoms with Gasteiger partial charge in [0, 0.05) is 13.6 Å². The fraction of sp³-hybridized carbons (Fsp3) is 0.250. The molecule has 0 bridgehead atoms. The molecule has 0 fully saturated rings. The molecule has 158 valence electrons. The van der Waals surface area contributed by atoms with Gasteiger partial charge >= 0.3 is 0 Å². The molecule has 2 aromatic carbocycles. The molecule has 1 amide bonds. The number of nitrogens with zero attached hydrogens (tertiary/aromatic N) is 3. The Bertz CT molecular complexity index is 1150. The summed E-state index contributed by atoms with van der Waals surface area (Å²) in [6.07, 6.45) is 0. The molecular weight excluding hydrogens is 411 g/mol. The second-order valence-electron chi connectivity index (χ2n) is 6.68. The number of nitrogens with one attached hydrogen (secondary N) is 1. The van der Waals surface area contributed by atoms with E-state index in [0.29, 0.717) is 22.7 Å². The third-order valence-electron chi connectivity index (χ3n) is 4.36. The maximum Gasteiger partial charge on any atom is 0.250 e. The Morgan fingerprint density at radius 1 is 1.17 bits per heavy atom. The molecule has 0 aliphatic heterocycles. The Morgan fingerprint density at radius 3 is 2.60 bits per heavy atom. The van der Waals surface area contributed by atoms with Crippen molar-refractivity contribution in [3.63, 3.8) is 0 Å². The second kappa shape index (κ2) is 9.04. The molecule has 0 atom stereocenters. The molecular formula is C20H21FN4O4S. The third kappa shape index (κ3) is 5.20. The number of rotatable bonds is 8. The Balaban J connectivity index is 1.61. The zero-order chi connectivity index (χ0) is 21.7. The lowest BCUT2D eigenvalue weighted by Gasteiger charge is -2.08. The van der Waals surface area contributed by atoms with Gasteiger partial charge in [-0.25, -0.2) is 12.8 Å². The number of hydrogen-bond donors (Lipinski definition) is 1. The van der Waals surface area contributed by atoms with Crippen molar-refractivity contribution in [2.75, 3.05) is 5.75 Å². The highest BCUT2D eigenvalue weighted by atomic mass is 32.2. The van der Waals surface area contributed by atoms with Crippen LogP contribution in [0, 0.1) is 12.7 Å². The highest BCUT2D eigenvalue weighted by Gasteiger charge is 2.26. The van der Waals surface area contributed by atoms with Crippen molar-refractivity contribution in [1.29, 1.82) is 0 Å². The molecule has 0 aliphatic carbocycles. The number of hydrogen-bond acceptors (Lipinski definition) is 6. The predicted molar refractivity (Wildman–Crippen MR) is 107 cm³/mol. The predicted octanol–water partition coefficient (Wildman–Crippen LogP) is 1.93. The fourth-order valence-corrected chi connectivity index (χ4v) is 3.91. The molecule has 3 aromatic rings. The van der Waals surface area contributed by atoms with Crippen LogP contribution >= 0.6 is 0 Å². The van der Waals surface area contributed by atoms with Gasteiger partial charge in [-0.1, -0.05) is 30.3 Å². The summed E-state index contributed by atoms with van der Waals surface area (Å²) in [5.41, 5.74) is 1.02. The van der Waals surface area contributed by atoms with E-state index in [9.17, 15) is 17.6 Å². The Labute approximate surface area is 173 Å². The standard InChI is InChI=1S/C20H21FN4O4S/c1-14-8-9-15(10-17(14)21)11-22-19(26)13-30(27,28)20-24-23-18(25(20)2)12-29-16-6-4-3-5-7-16/h3-10H,11-13H2,1-2H3,(H,22,26). The molecule has 0 saturated carbocycles. The average molecular weight is 432 g/mol. The van der Waals surface area contributed by atoms with Gasteiger partial charge in [0.2, 0.25) is 20.9 Å². The van der Waals surface area contributed by atoms with E-state index in [1.807, 2.05) is 18.2 Å². The van der Waals surface area contributed by atoms with E-state index in [0.717, 1.165) is 0 Å². The molecule has 0 spiro atoms. The van der Waals surface area contributed by atoms with E-state index < -0.39 is 27.3 Å². The van der Waals surface area contributed by atoms with Gasteiger partial charge in [-0.2, -0.15) is 0 Å². The van der Waals surface area contributed by atoms with Crippen LogP contribution in [0.4, 0.5) is 4.39 Å². The summed E-state index contributed by atoms with van der Waals surface area (Å²) in [5.74, 6) is -1.00. The molecule has 8 nitrogen and oxygen atoms in total. The van der Waals surface area contributed by atoms with E-state index in [1.54, 1.807) is 31.2 Å². The van der Waals surface area contributed by atoms with Crippen molar-refractivity contribution in [2.24, 2.45) is 7.05 Å². The quantitative estimate of drug-likeness (QED) is 0.584. The van der Waals surface area contributed by atoms with E-state index in [-0.39, 0.29) is 18.3 Å². The molecule has 1 N–H and O–H groups in total. The third-order valence-corrected chi connectivity index (χ3v) is 5.92. The number of aromatic nitrogens is 3. The zero-order valence-electron chi connectivity index (χ0n) is 16.5. The van der Waals surface area contributed by atoms with Gasteiger partial charge in [0.1, 0.15) is 23.9 Å². The summed E-state index contributed by atoms with van der Waals surface area (Å²) in [5, 5.41) is 9.71. The summed E-state index contributed by atoms with van der Waals surface area (Å²) in [6.45, 7) is 1.67. The number of carbonyl (C=O) groups is 1. The molecule has 0 aliphatic rings. The monoisotopic (exact) mass is 432 g/mol. The molecule has 0 saturated heterocycles. The van der Waals surface area contributed by atoms with Gasteiger partial charge in [0.25, 0.3) is 0 Å². The van der Waals surface area contributed by atoms with Gasteiger partial charge in [-0.15, -0.1) is 10.2 Å². The Hall–Kier alpha value is -3.27. The van der Waals surface area contributed by atoms with Crippen LogP contribution in [0.2, 0.25) is 0 Å². The van der Waals surface area contributed by atoms with Crippen LogP contribution in [0.25, 0.3) is 0 Å². The summed E-state index contributed by atoms with van der Waals surface area (Å²) in [4.78, 5) is 12.1. The lowest BCUT2D eigenvalue weighted by Crippen LogP contribution is -2.31. The van der Waals surface area contributed by atoms with E-state index in [1.165, 1.54) is 17.7 Å². The minimum absolute atomic E-state index is 0.0144.